The van der Waals surface area contributed by atoms with E-state index in [1.54, 1.807) is 18.2 Å². The smallest absolute Gasteiger partial charge is 0.430 e. The number of ether oxygens (including phenoxy) is 1. The molecule has 0 radical (unpaired) electrons. The Kier molecular flexibility index (Phi) is 8.39. The van der Waals surface area contributed by atoms with E-state index in [4.69, 9.17) is 9.73 Å². The highest BCUT2D eigenvalue weighted by Gasteiger charge is 2.71. The third kappa shape index (κ3) is 5.86. The number of hydrogen-bond donors (Lipinski definition) is 1. The Labute approximate surface area is 257 Å². The number of carbonyl (C=O) groups excluding carboxylic acids is 1. The average Bonchev–Trinajstić information content (AvgIpc) is 3.59. The molecule has 3 atom stereocenters. The number of aliphatic imine (C=N–C) groups is 1. The van der Waals surface area contributed by atoms with Crippen molar-refractivity contribution >= 4 is 24.0 Å². The number of amides is 1. The lowest BCUT2D eigenvalue weighted by Gasteiger charge is -2.46. The van der Waals surface area contributed by atoms with Crippen LogP contribution in [0.4, 0.5) is 32.0 Å². The van der Waals surface area contributed by atoms with Crippen molar-refractivity contribution in [3.8, 4) is 5.75 Å². The molecule has 244 valence electrons. The van der Waals surface area contributed by atoms with E-state index in [0.717, 1.165) is 29.4 Å². The number of rotatable bonds is 6. The second kappa shape index (κ2) is 11.6. The van der Waals surface area contributed by atoms with Crippen molar-refractivity contribution in [2.75, 3.05) is 37.7 Å². The molecule has 45 heavy (non-hydrogen) atoms. The number of hydrogen-bond acceptors (Lipinski definition) is 6. The number of benzene rings is 2. The van der Waals surface area contributed by atoms with Crippen molar-refractivity contribution in [2.24, 2.45) is 4.99 Å². The van der Waals surface area contributed by atoms with Crippen LogP contribution in [0.2, 0.25) is 0 Å². The number of aliphatic hydroxyl groups is 1. The van der Waals surface area contributed by atoms with Gasteiger partial charge in [0.1, 0.15) is 11.3 Å². The third-order valence-electron chi connectivity index (χ3n) is 8.89. The molecule has 13 heteroatoms. The van der Waals surface area contributed by atoms with Crippen LogP contribution in [-0.2, 0) is 22.4 Å². The van der Waals surface area contributed by atoms with Gasteiger partial charge in [-0.15, -0.1) is 0 Å². The van der Waals surface area contributed by atoms with Crippen LogP contribution in [0.3, 0.4) is 0 Å². The molecule has 2 aromatic carbocycles. The van der Waals surface area contributed by atoms with E-state index in [0.29, 0.717) is 38.0 Å². The van der Waals surface area contributed by atoms with Gasteiger partial charge in [0.25, 0.3) is 5.60 Å². The van der Waals surface area contributed by atoms with E-state index < -0.39 is 29.1 Å². The van der Waals surface area contributed by atoms with Gasteiger partial charge < -0.3 is 24.5 Å². The molecule has 3 aliphatic heterocycles. The van der Waals surface area contributed by atoms with E-state index in [1.165, 1.54) is 18.2 Å². The normalized spacial score (nSPS) is 24.0. The van der Waals surface area contributed by atoms with E-state index in [-0.39, 0.29) is 30.1 Å². The van der Waals surface area contributed by atoms with Gasteiger partial charge in [0.05, 0.1) is 19.5 Å². The predicted octanol–water partition coefficient (Wildman–Crippen LogP) is 5.65. The van der Waals surface area contributed by atoms with Crippen LogP contribution in [0.1, 0.15) is 49.9 Å². The van der Waals surface area contributed by atoms with Crippen LogP contribution in [0, 0.1) is 0 Å². The molecule has 3 aliphatic rings. The maximum atomic E-state index is 13.6. The maximum absolute atomic E-state index is 13.6. The summed E-state index contributed by atoms with van der Waals surface area (Å²) in [5, 5.41) is 9.94. The minimum Gasteiger partial charge on any atom is -0.493 e. The fourth-order valence-electron chi connectivity index (χ4n) is 6.39. The average molecular weight is 639 g/mol. The molecule has 0 aliphatic carbocycles. The number of alkyl halides is 6. The second-order valence-electron chi connectivity index (χ2n) is 12.2. The van der Waals surface area contributed by atoms with E-state index in [9.17, 15) is 36.2 Å². The number of halogens is 6. The second-order valence-corrected chi connectivity index (χ2v) is 12.2. The van der Waals surface area contributed by atoms with Crippen molar-refractivity contribution in [3.05, 3.63) is 64.7 Å². The molecule has 2 aromatic rings. The largest absolute Gasteiger partial charge is 0.493 e. The fourth-order valence-corrected chi connectivity index (χ4v) is 6.39. The topological polar surface area (TPSA) is 68.6 Å². The van der Waals surface area contributed by atoms with Crippen LogP contribution in [0.25, 0.3) is 6.08 Å². The van der Waals surface area contributed by atoms with Crippen molar-refractivity contribution in [1.29, 1.82) is 0 Å². The quantitative estimate of drug-likeness (QED) is 0.415. The van der Waals surface area contributed by atoms with Gasteiger partial charge in [-0.3, -0.25) is 9.79 Å². The molecular weight excluding hydrogens is 602 g/mol. The summed E-state index contributed by atoms with van der Waals surface area (Å²) in [6, 6.07) is 8.00. The first-order valence-corrected chi connectivity index (χ1v) is 14.7. The lowest BCUT2D eigenvalue weighted by Crippen LogP contribution is -2.59. The zero-order chi connectivity index (χ0) is 32.9. The van der Waals surface area contributed by atoms with Gasteiger partial charge in [0.2, 0.25) is 5.91 Å². The maximum Gasteiger partial charge on any atom is 0.430 e. The first kappa shape index (κ1) is 32.6. The van der Waals surface area contributed by atoms with E-state index in [2.05, 4.69) is 6.07 Å². The van der Waals surface area contributed by atoms with Gasteiger partial charge in [-0.1, -0.05) is 24.3 Å². The van der Waals surface area contributed by atoms with Crippen molar-refractivity contribution in [1.82, 2.24) is 9.80 Å². The number of allylic oxidation sites excluding steroid dienone is 1. The number of piperazine rings is 1. The number of anilines is 1. The van der Waals surface area contributed by atoms with Crippen LogP contribution < -0.4 is 9.64 Å². The molecule has 7 nitrogen and oxygen atoms in total. The molecule has 1 unspecified atom stereocenters. The van der Waals surface area contributed by atoms with Crippen LogP contribution in [0.5, 0.6) is 5.75 Å². The van der Waals surface area contributed by atoms with Gasteiger partial charge in [-0.2, -0.15) is 26.3 Å². The Morgan fingerprint density at radius 3 is 2.44 bits per heavy atom. The van der Waals surface area contributed by atoms with Gasteiger partial charge in [-0.05, 0) is 68.7 Å². The minimum atomic E-state index is -5.98. The molecule has 1 amide bonds. The molecule has 0 bridgehead atoms. The van der Waals surface area contributed by atoms with Crippen molar-refractivity contribution in [3.63, 3.8) is 0 Å². The molecule has 0 spiro atoms. The summed E-state index contributed by atoms with van der Waals surface area (Å²) in [7, 11) is 0. The van der Waals surface area contributed by atoms with Gasteiger partial charge >= 0.3 is 12.4 Å². The number of carbonyl (C=O) groups is 1. The summed E-state index contributed by atoms with van der Waals surface area (Å²) >= 11 is 0. The van der Waals surface area contributed by atoms with Crippen LogP contribution >= 0.6 is 0 Å². The van der Waals surface area contributed by atoms with Crippen LogP contribution in [0.15, 0.2) is 47.5 Å². The third-order valence-corrected chi connectivity index (χ3v) is 8.89. The molecule has 1 saturated heterocycles. The van der Waals surface area contributed by atoms with E-state index >= 15 is 0 Å². The van der Waals surface area contributed by atoms with Gasteiger partial charge in [0.15, 0.2) is 0 Å². The molecule has 0 saturated carbocycles. The molecule has 5 rings (SSSR count). The Hall–Kier alpha value is -3.74. The van der Waals surface area contributed by atoms with Crippen LogP contribution in [-0.4, -0.2) is 84.4 Å². The SMILES string of the molecule is CC=Cc1cc(C(O)(C(F)(F)F)C(F)(F)F)ccc1N1C[C@H](C)N(C(=O)CN2C=N[C@](C)(c3ccc4c(c3)CCO4)C2)CC1C. The summed E-state index contributed by atoms with van der Waals surface area (Å²) in [6.45, 7) is 9.16. The summed E-state index contributed by atoms with van der Waals surface area (Å²) in [5.41, 5.74) is -4.19. The Morgan fingerprint density at radius 2 is 1.78 bits per heavy atom. The summed E-state index contributed by atoms with van der Waals surface area (Å²) in [5.74, 6) is 0.771. The van der Waals surface area contributed by atoms with E-state index in [1.807, 2.05) is 42.7 Å². The number of fused-ring (bicyclic) bond motifs is 1. The van der Waals surface area contributed by atoms with Gasteiger partial charge in [0, 0.05) is 49.4 Å². The summed E-state index contributed by atoms with van der Waals surface area (Å²) in [4.78, 5) is 23.7. The first-order chi connectivity index (χ1) is 21.0. The molecule has 1 N–H and O–H groups in total. The molecular formula is C32H36F6N4O3. The highest BCUT2D eigenvalue weighted by atomic mass is 19.4. The fraction of sp³-hybridized carbons (Fsp3) is 0.500. The molecule has 1 fully saturated rings. The Morgan fingerprint density at radius 1 is 1.07 bits per heavy atom. The molecule has 3 heterocycles. The first-order valence-electron chi connectivity index (χ1n) is 14.7. The predicted molar refractivity (Wildman–Crippen MR) is 158 cm³/mol. The van der Waals surface area contributed by atoms with Gasteiger partial charge in [-0.25, -0.2) is 0 Å². The standard InChI is InChI=1S/C32H36F6N4O3/c1-5-6-22-13-25(30(44,31(33,34)35)32(36,37)38)7-9-26(22)41-15-21(3)42(16-20(41)2)28(43)17-40-18-29(4,39-19-40)24-8-10-27-23(14-24)11-12-45-27/h5-10,13-14,19-21,44H,11-12,15-18H2,1-4H3/t20?,21-,29-/m0/s1. The zero-order valence-electron chi connectivity index (χ0n) is 25.4. The monoisotopic (exact) mass is 638 g/mol. The Bertz CT molecular complexity index is 1490. The van der Waals surface area contributed by atoms with Crippen molar-refractivity contribution < 1.29 is 41.0 Å². The lowest BCUT2D eigenvalue weighted by atomic mass is 9.89. The van der Waals surface area contributed by atoms with Crippen molar-refractivity contribution in [2.45, 2.75) is 69.7 Å². The highest BCUT2D eigenvalue weighted by Crippen LogP contribution is 2.50. The summed E-state index contributed by atoms with van der Waals surface area (Å²) in [6.07, 6.45) is -6.53. The lowest BCUT2D eigenvalue weighted by molar-refractivity contribution is -0.376. The highest BCUT2D eigenvalue weighted by molar-refractivity contribution is 5.82. The molecule has 0 aromatic heterocycles. The Balaban J connectivity index is 1.30. The zero-order valence-corrected chi connectivity index (χ0v) is 25.4. The summed E-state index contributed by atoms with van der Waals surface area (Å²) < 4.78 is 87.0. The number of nitrogens with zero attached hydrogens (tertiary/aromatic N) is 4. The minimum absolute atomic E-state index is 0.0893.